The lowest BCUT2D eigenvalue weighted by atomic mass is 10.0. The summed E-state index contributed by atoms with van der Waals surface area (Å²) in [5.74, 6) is 1.66. The average molecular weight is 354 g/mol. The molecular weight excluding hydrogens is 332 g/mol. The van der Waals surface area contributed by atoms with Crippen molar-refractivity contribution in [3.05, 3.63) is 103 Å². The van der Waals surface area contributed by atoms with Gasteiger partial charge in [-0.1, -0.05) is 66.7 Å². The van der Waals surface area contributed by atoms with Crippen LogP contribution in [0.5, 0.6) is 11.5 Å². The van der Waals surface area contributed by atoms with Crippen molar-refractivity contribution in [2.45, 2.75) is 0 Å². The number of benzene rings is 3. The van der Waals surface area contributed by atoms with Crippen LogP contribution in [-0.2, 0) is 0 Å². The highest BCUT2D eigenvalue weighted by Gasteiger charge is 2.10. The van der Waals surface area contributed by atoms with Crippen molar-refractivity contribution >= 4 is 5.69 Å². The third-order valence-corrected chi connectivity index (χ3v) is 4.54. The van der Waals surface area contributed by atoms with Gasteiger partial charge in [0.05, 0.1) is 0 Å². The van der Waals surface area contributed by atoms with Gasteiger partial charge in [0.1, 0.15) is 11.5 Å². The molecular formula is C24H22N2O. The maximum Gasteiger partial charge on any atom is 0.135 e. The zero-order valence-electron chi connectivity index (χ0n) is 15.1. The molecule has 0 aromatic heterocycles. The van der Waals surface area contributed by atoms with Crippen LogP contribution in [0.3, 0.4) is 0 Å². The van der Waals surface area contributed by atoms with E-state index in [1.807, 2.05) is 48.5 Å². The highest BCUT2D eigenvalue weighted by Crippen LogP contribution is 2.34. The SMILES string of the molecule is NCC1=CN(c2cccc(Oc3ccccc3-c3ccccc3)c2)CC=C1. The zero-order chi connectivity index (χ0) is 18.5. The number of hydrogen-bond acceptors (Lipinski definition) is 3. The molecule has 3 heteroatoms. The maximum atomic E-state index is 6.26. The largest absolute Gasteiger partial charge is 0.457 e. The summed E-state index contributed by atoms with van der Waals surface area (Å²) in [6.45, 7) is 1.36. The standard InChI is InChI=1S/C24H22N2O/c25-17-19-8-7-15-26(18-19)21-11-6-12-22(16-21)27-24-14-5-4-13-23(24)20-9-2-1-3-10-20/h1-14,16,18H,15,17,25H2. The van der Waals surface area contributed by atoms with Crippen molar-refractivity contribution in [3.8, 4) is 22.6 Å². The molecule has 0 saturated heterocycles. The Morgan fingerprint density at radius 3 is 2.56 bits per heavy atom. The van der Waals surface area contributed by atoms with Crippen LogP contribution < -0.4 is 15.4 Å². The number of rotatable bonds is 5. The van der Waals surface area contributed by atoms with E-state index in [-0.39, 0.29) is 0 Å². The fraction of sp³-hybridized carbons (Fsp3) is 0.0833. The topological polar surface area (TPSA) is 38.5 Å². The number of ether oxygens (including phenoxy) is 1. The first-order chi connectivity index (χ1) is 13.3. The highest BCUT2D eigenvalue weighted by molar-refractivity contribution is 5.71. The number of hydrogen-bond donors (Lipinski definition) is 1. The van der Waals surface area contributed by atoms with E-state index >= 15 is 0 Å². The molecule has 3 aromatic rings. The first kappa shape index (κ1) is 17.1. The molecule has 0 bridgehead atoms. The van der Waals surface area contributed by atoms with E-state index in [1.54, 1.807) is 0 Å². The van der Waals surface area contributed by atoms with Gasteiger partial charge in [0, 0.05) is 36.6 Å². The Bertz CT molecular complexity index is 976. The van der Waals surface area contributed by atoms with Gasteiger partial charge >= 0.3 is 0 Å². The van der Waals surface area contributed by atoms with Gasteiger partial charge in [-0.3, -0.25) is 0 Å². The van der Waals surface area contributed by atoms with Gasteiger partial charge in [-0.2, -0.15) is 0 Å². The summed E-state index contributed by atoms with van der Waals surface area (Å²) in [7, 11) is 0. The molecule has 2 N–H and O–H groups in total. The molecule has 0 saturated carbocycles. The van der Waals surface area contributed by atoms with Crippen LogP contribution in [0, 0.1) is 0 Å². The van der Waals surface area contributed by atoms with Gasteiger partial charge in [-0.15, -0.1) is 0 Å². The fourth-order valence-electron chi connectivity index (χ4n) is 3.18. The molecule has 0 aliphatic carbocycles. The Morgan fingerprint density at radius 2 is 1.70 bits per heavy atom. The molecule has 4 rings (SSSR count). The van der Waals surface area contributed by atoms with Gasteiger partial charge < -0.3 is 15.4 Å². The van der Waals surface area contributed by atoms with Crippen molar-refractivity contribution in [2.24, 2.45) is 5.73 Å². The highest BCUT2D eigenvalue weighted by atomic mass is 16.5. The molecule has 0 fully saturated rings. The predicted octanol–water partition coefficient (Wildman–Crippen LogP) is 5.36. The monoisotopic (exact) mass is 354 g/mol. The Balaban J connectivity index is 1.62. The molecule has 0 radical (unpaired) electrons. The Labute approximate surface area is 160 Å². The molecule has 1 aliphatic heterocycles. The number of nitrogens with two attached hydrogens (primary N) is 1. The second kappa shape index (κ2) is 7.94. The van der Waals surface area contributed by atoms with Gasteiger partial charge in [-0.25, -0.2) is 0 Å². The van der Waals surface area contributed by atoms with Gasteiger partial charge in [-0.05, 0) is 29.3 Å². The van der Waals surface area contributed by atoms with E-state index in [0.29, 0.717) is 6.54 Å². The van der Waals surface area contributed by atoms with Crippen LogP contribution in [-0.4, -0.2) is 13.1 Å². The third-order valence-electron chi connectivity index (χ3n) is 4.54. The number of anilines is 1. The summed E-state index contributed by atoms with van der Waals surface area (Å²) < 4.78 is 6.26. The zero-order valence-corrected chi connectivity index (χ0v) is 15.1. The molecule has 1 aliphatic rings. The van der Waals surface area contributed by atoms with Crippen LogP contribution in [0.4, 0.5) is 5.69 Å². The lowest BCUT2D eigenvalue weighted by Crippen LogP contribution is -2.21. The second-order valence-corrected chi connectivity index (χ2v) is 6.42. The van der Waals surface area contributed by atoms with Crippen molar-refractivity contribution in [1.29, 1.82) is 0 Å². The van der Waals surface area contributed by atoms with E-state index in [1.165, 1.54) is 0 Å². The molecule has 0 atom stereocenters. The fourth-order valence-corrected chi connectivity index (χ4v) is 3.18. The number of para-hydroxylation sites is 1. The predicted molar refractivity (Wildman–Crippen MR) is 112 cm³/mol. The lowest BCUT2D eigenvalue weighted by Gasteiger charge is -2.23. The molecule has 3 nitrogen and oxygen atoms in total. The van der Waals surface area contributed by atoms with E-state index in [4.69, 9.17) is 10.5 Å². The van der Waals surface area contributed by atoms with Crippen LogP contribution in [0.25, 0.3) is 11.1 Å². The summed E-state index contributed by atoms with van der Waals surface area (Å²) in [4.78, 5) is 2.18. The minimum absolute atomic E-state index is 0.535. The number of nitrogens with zero attached hydrogens (tertiary/aromatic N) is 1. The quantitative estimate of drug-likeness (QED) is 0.670. The summed E-state index contributed by atoms with van der Waals surface area (Å²) in [6.07, 6.45) is 6.30. The van der Waals surface area contributed by atoms with Crippen molar-refractivity contribution in [1.82, 2.24) is 0 Å². The van der Waals surface area contributed by atoms with Gasteiger partial charge in [0.2, 0.25) is 0 Å². The van der Waals surface area contributed by atoms with Crippen LogP contribution in [0.1, 0.15) is 0 Å². The van der Waals surface area contributed by atoms with Crippen LogP contribution in [0.2, 0.25) is 0 Å². The van der Waals surface area contributed by atoms with Crippen molar-refractivity contribution < 1.29 is 4.74 Å². The molecule has 0 amide bonds. The normalized spacial score (nSPS) is 13.4. The third kappa shape index (κ3) is 3.94. The Kier molecular flexibility index (Phi) is 5.04. The van der Waals surface area contributed by atoms with E-state index in [9.17, 15) is 0 Å². The van der Waals surface area contributed by atoms with Gasteiger partial charge in [0.25, 0.3) is 0 Å². The van der Waals surface area contributed by atoms with Gasteiger partial charge in [0.15, 0.2) is 0 Å². The smallest absolute Gasteiger partial charge is 0.135 e. The molecule has 0 spiro atoms. The minimum Gasteiger partial charge on any atom is -0.457 e. The van der Waals surface area contributed by atoms with E-state index in [2.05, 4.69) is 53.6 Å². The first-order valence-electron chi connectivity index (χ1n) is 9.10. The maximum absolute atomic E-state index is 6.26. The Morgan fingerprint density at radius 1 is 0.889 bits per heavy atom. The van der Waals surface area contributed by atoms with Crippen LogP contribution >= 0.6 is 0 Å². The molecule has 0 unspecified atom stereocenters. The summed E-state index contributed by atoms with van der Waals surface area (Å²) in [5, 5.41) is 0. The van der Waals surface area contributed by atoms with Crippen molar-refractivity contribution in [2.75, 3.05) is 18.0 Å². The van der Waals surface area contributed by atoms with Crippen molar-refractivity contribution in [3.63, 3.8) is 0 Å². The second-order valence-electron chi connectivity index (χ2n) is 6.42. The van der Waals surface area contributed by atoms with Crippen LogP contribution in [0.15, 0.2) is 103 Å². The molecule has 27 heavy (non-hydrogen) atoms. The molecule has 134 valence electrons. The molecule has 1 heterocycles. The summed E-state index contributed by atoms with van der Waals surface area (Å²) >= 11 is 0. The summed E-state index contributed by atoms with van der Waals surface area (Å²) in [5.41, 5.74) is 10.2. The lowest BCUT2D eigenvalue weighted by molar-refractivity contribution is 0.484. The molecule has 3 aromatic carbocycles. The van der Waals surface area contributed by atoms with E-state index in [0.717, 1.165) is 40.4 Å². The average Bonchev–Trinajstić information content (AvgIpc) is 2.75. The van der Waals surface area contributed by atoms with E-state index < -0.39 is 0 Å². The Hall–Kier alpha value is -3.30. The first-order valence-corrected chi connectivity index (χ1v) is 9.10. The summed E-state index contributed by atoms with van der Waals surface area (Å²) in [6, 6.07) is 26.6. The minimum atomic E-state index is 0.535.